The maximum absolute atomic E-state index is 12.1. The highest BCUT2D eigenvalue weighted by Gasteiger charge is 2.25. The molecule has 2 saturated heterocycles. The summed E-state index contributed by atoms with van der Waals surface area (Å²) in [5.74, 6) is 4.23. The molecule has 0 bridgehead atoms. The zero-order chi connectivity index (χ0) is 26.4. The highest BCUT2D eigenvalue weighted by Crippen LogP contribution is 2.33. The molecule has 9 nitrogen and oxygen atoms in total. The molecule has 6 rings (SSSR count). The van der Waals surface area contributed by atoms with Crippen LogP contribution in [0.2, 0.25) is 0 Å². The van der Waals surface area contributed by atoms with Gasteiger partial charge in [0.2, 0.25) is 5.95 Å². The summed E-state index contributed by atoms with van der Waals surface area (Å²) in [7, 11) is -0.785. The lowest BCUT2D eigenvalue weighted by atomic mass is 10.2. The molecular weight excluding hydrogens is 528 g/mol. The molecule has 0 atom stereocenters. The second-order valence-electron chi connectivity index (χ2n) is 9.58. The molecule has 0 amide bonds. The maximum atomic E-state index is 12.1. The molecule has 39 heavy (non-hydrogen) atoms. The quantitative estimate of drug-likeness (QED) is 0.312. The lowest BCUT2D eigenvalue weighted by Crippen LogP contribution is -2.44. The summed E-state index contributed by atoms with van der Waals surface area (Å²) >= 11 is 1.66. The van der Waals surface area contributed by atoms with Gasteiger partial charge in [0.05, 0.1) is 0 Å². The van der Waals surface area contributed by atoms with Crippen LogP contribution in [-0.2, 0) is 23.1 Å². The van der Waals surface area contributed by atoms with Gasteiger partial charge in [0.25, 0.3) is 0 Å². The van der Waals surface area contributed by atoms with E-state index in [0.29, 0.717) is 48.3 Å². The first kappa shape index (κ1) is 26.0. The van der Waals surface area contributed by atoms with E-state index in [1.54, 1.807) is 11.8 Å². The van der Waals surface area contributed by atoms with Crippen molar-refractivity contribution in [1.82, 2.24) is 25.3 Å². The largest absolute Gasteiger partial charge is 0.364 e. The zero-order valence-corrected chi connectivity index (χ0v) is 23.4. The van der Waals surface area contributed by atoms with Crippen molar-refractivity contribution in [2.45, 2.75) is 17.3 Å². The van der Waals surface area contributed by atoms with Crippen LogP contribution in [-0.4, -0.2) is 74.9 Å². The van der Waals surface area contributed by atoms with Gasteiger partial charge in [-0.15, -0.1) is 0 Å². The summed E-state index contributed by atoms with van der Waals surface area (Å²) in [6.45, 7) is 5.47. The van der Waals surface area contributed by atoms with Crippen molar-refractivity contribution in [3.8, 4) is 0 Å². The van der Waals surface area contributed by atoms with Crippen LogP contribution >= 0.6 is 11.8 Å². The summed E-state index contributed by atoms with van der Waals surface area (Å²) in [5.41, 5.74) is 3.68. The minimum Gasteiger partial charge on any atom is -0.364 e. The first-order valence-electron chi connectivity index (χ1n) is 13.3. The monoisotopic (exact) mass is 560 g/mol. The van der Waals surface area contributed by atoms with Gasteiger partial charge < -0.3 is 20.4 Å². The fourth-order valence-corrected chi connectivity index (χ4v) is 6.66. The van der Waals surface area contributed by atoms with Gasteiger partial charge in [-0.2, -0.15) is 9.97 Å². The molecule has 11 heteroatoms. The third kappa shape index (κ3) is 6.32. The Hall–Kier alpha value is -3.28. The van der Waals surface area contributed by atoms with Crippen molar-refractivity contribution in [1.29, 1.82) is 0 Å². The average molecular weight is 561 g/mol. The second kappa shape index (κ2) is 12.3. The number of anilines is 3. The van der Waals surface area contributed by atoms with Crippen LogP contribution in [0, 0.1) is 0 Å². The Balaban J connectivity index is 1.41. The fraction of sp³-hybridized carbons (Fsp3) is 0.357. The van der Waals surface area contributed by atoms with Gasteiger partial charge in [0.15, 0.2) is 22.8 Å². The smallest absolute Gasteiger partial charge is 0.229 e. The van der Waals surface area contributed by atoms with Crippen LogP contribution in [0.4, 0.5) is 17.6 Å². The van der Waals surface area contributed by atoms with Crippen molar-refractivity contribution in [2.24, 2.45) is 0 Å². The lowest BCUT2D eigenvalue weighted by Gasteiger charge is -2.31. The first-order chi connectivity index (χ1) is 19.2. The Morgan fingerprint density at radius 2 is 1.51 bits per heavy atom. The van der Waals surface area contributed by atoms with Crippen LogP contribution in [0.5, 0.6) is 0 Å². The Kier molecular flexibility index (Phi) is 8.17. The number of nitrogens with one attached hydrogen (secondary N) is 2. The molecule has 2 aromatic carbocycles. The molecular formula is C28H32N8OS2. The van der Waals surface area contributed by atoms with Crippen LogP contribution in [0.1, 0.15) is 11.1 Å². The van der Waals surface area contributed by atoms with E-state index in [2.05, 4.69) is 56.8 Å². The highest BCUT2D eigenvalue weighted by atomic mass is 32.2. The molecule has 0 unspecified atom stereocenters. The molecule has 2 aromatic heterocycles. The molecule has 4 heterocycles. The van der Waals surface area contributed by atoms with E-state index in [1.807, 2.05) is 24.3 Å². The summed E-state index contributed by atoms with van der Waals surface area (Å²) in [5, 5.41) is 7.75. The molecule has 202 valence electrons. The molecule has 0 aliphatic carbocycles. The predicted octanol–water partition coefficient (Wildman–Crippen LogP) is 3.30. The number of thioether (sulfide) groups is 1. The number of hydrogen-bond donors (Lipinski definition) is 2. The molecule has 0 radical (unpaired) electrons. The number of rotatable bonds is 8. The van der Waals surface area contributed by atoms with Crippen LogP contribution < -0.4 is 20.4 Å². The molecule has 2 fully saturated rings. The van der Waals surface area contributed by atoms with Crippen molar-refractivity contribution < 1.29 is 4.21 Å². The summed E-state index contributed by atoms with van der Waals surface area (Å²) in [6, 6.07) is 20.7. The van der Waals surface area contributed by atoms with E-state index in [1.165, 1.54) is 11.1 Å². The van der Waals surface area contributed by atoms with E-state index in [0.717, 1.165) is 48.6 Å². The lowest BCUT2D eigenvalue weighted by molar-refractivity contribution is 0.580. The number of nitrogens with zero attached hydrogens (tertiary/aromatic N) is 6. The summed E-state index contributed by atoms with van der Waals surface area (Å²) in [6.07, 6.45) is 0. The van der Waals surface area contributed by atoms with Gasteiger partial charge >= 0.3 is 0 Å². The van der Waals surface area contributed by atoms with Gasteiger partial charge in [0.1, 0.15) is 5.03 Å². The SMILES string of the molecule is O=S1CCN(c2nc(N3CCNCC3)nc3nc(NCc4ccccc4)c(SCc4ccccc4)nc23)CC1. The number of hydrogen-bond acceptors (Lipinski definition) is 10. The van der Waals surface area contributed by atoms with Gasteiger partial charge in [0, 0.05) is 73.9 Å². The topological polar surface area (TPSA) is 99.2 Å². The molecule has 2 aliphatic heterocycles. The van der Waals surface area contributed by atoms with Crippen LogP contribution in [0.25, 0.3) is 11.2 Å². The van der Waals surface area contributed by atoms with Crippen molar-refractivity contribution in [3.63, 3.8) is 0 Å². The fourth-order valence-electron chi connectivity index (χ4n) is 4.71. The number of aromatic nitrogens is 4. The molecule has 0 saturated carbocycles. The third-order valence-electron chi connectivity index (χ3n) is 6.87. The molecule has 4 aromatic rings. The first-order valence-corrected chi connectivity index (χ1v) is 15.8. The van der Waals surface area contributed by atoms with Gasteiger partial charge in [-0.05, 0) is 11.1 Å². The normalized spacial score (nSPS) is 16.5. The third-order valence-corrected chi connectivity index (χ3v) is 9.18. The van der Waals surface area contributed by atoms with Gasteiger partial charge in [-0.3, -0.25) is 4.21 Å². The van der Waals surface area contributed by atoms with E-state index in [9.17, 15) is 4.21 Å². The standard InChI is InChI=1S/C28H32N8OS2/c37-39-17-15-35(16-18-39)26-23-24(33-28(34-26)36-13-11-29-12-14-36)32-25(30-19-21-7-3-1-4-8-21)27(31-23)38-20-22-9-5-2-6-10-22/h1-10,29H,11-20H2,(H,30,32,33,34). The Morgan fingerprint density at radius 1 is 0.821 bits per heavy atom. The average Bonchev–Trinajstić information content (AvgIpc) is 3.00. The van der Waals surface area contributed by atoms with Crippen LogP contribution in [0.15, 0.2) is 65.7 Å². The minimum absolute atomic E-state index is 0.583. The summed E-state index contributed by atoms with van der Waals surface area (Å²) < 4.78 is 12.1. The zero-order valence-electron chi connectivity index (χ0n) is 21.8. The summed E-state index contributed by atoms with van der Waals surface area (Å²) in [4.78, 5) is 24.6. The minimum atomic E-state index is -0.785. The van der Waals surface area contributed by atoms with Gasteiger partial charge in [-0.25, -0.2) is 9.97 Å². The Bertz CT molecular complexity index is 1420. The van der Waals surface area contributed by atoms with E-state index in [4.69, 9.17) is 19.9 Å². The molecule has 2 aliphatic rings. The van der Waals surface area contributed by atoms with Crippen LogP contribution in [0.3, 0.4) is 0 Å². The number of benzene rings is 2. The Labute approximate surface area is 235 Å². The van der Waals surface area contributed by atoms with E-state index < -0.39 is 10.8 Å². The van der Waals surface area contributed by atoms with Crippen molar-refractivity contribution in [3.05, 3.63) is 71.8 Å². The highest BCUT2D eigenvalue weighted by molar-refractivity contribution is 7.98. The van der Waals surface area contributed by atoms with E-state index >= 15 is 0 Å². The van der Waals surface area contributed by atoms with Crippen molar-refractivity contribution in [2.75, 3.05) is 65.9 Å². The molecule has 2 N–H and O–H groups in total. The number of fused-ring (bicyclic) bond motifs is 1. The van der Waals surface area contributed by atoms with Gasteiger partial charge in [-0.1, -0.05) is 72.4 Å². The second-order valence-corrected chi connectivity index (χ2v) is 12.2. The van der Waals surface area contributed by atoms with Crippen molar-refractivity contribution >= 4 is 51.3 Å². The molecule has 0 spiro atoms. The predicted molar refractivity (Wildman–Crippen MR) is 160 cm³/mol. The van der Waals surface area contributed by atoms with E-state index in [-0.39, 0.29) is 0 Å². The number of piperazine rings is 1. The maximum Gasteiger partial charge on any atom is 0.229 e. The Morgan fingerprint density at radius 3 is 2.23 bits per heavy atom.